The fraction of sp³-hybridized carbons (Fsp3) is 0.750. The van der Waals surface area contributed by atoms with Crippen molar-refractivity contribution in [3.63, 3.8) is 0 Å². The summed E-state index contributed by atoms with van der Waals surface area (Å²) in [6.07, 6.45) is 5.48. The van der Waals surface area contributed by atoms with Gasteiger partial charge >= 0.3 is 0 Å². The van der Waals surface area contributed by atoms with Crippen LogP contribution in [0.2, 0.25) is 0 Å². The van der Waals surface area contributed by atoms with Gasteiger partial charge in [0.15, 0.2) is 0 Å². The molecule has 2 fully saturated rings. The van der Waals surface area contributed by atoms with Gasteiger partial charge in [-0.05, 0) is 54.2 Å². The number of hydrogen-bond acceptors (Lipinski definition) is 4. The average molecular weight is 373 g/mol. The Morgan fingerprint density at radius 1 is 1.43 bits per heavy atom. The number of nitrogens with two attached hydrogens (primary N) is 1. The molecule has 1 aliphatic heterocycles. The van der Waals surface area contributed by atoms with Crippen molar-refractivity contribution in [1.82, 2.24) is 4.90 Å². The number of piperidine rings is 1. The highest BCUT2D eigenvalue weighted by molar-refractivity contribution is 9.11. The Hall–Kier alpha value is 0.0600. The van der Waals surface area contributed by atoms with Crippen LogP contribution >= 0.6 is 27.3 Å². The zero-order valence-electron chi connectivity index (χ0n) is 12.6. The molecule has 0 radical (unpaired) electrons. The maximum absolute atomic E-state index is 10.8. The van der Waals surface area contributed by atoms with E-state index in [2.05, 4.69) is 39.9 Å². The number of aliphatic hydroxyl groups is 1. The van der Waals surface area contributed by atoms with Crippen molar-refractivity contribution in [2.24, 2.45) is 11.7 Å². The number of rotatable bonds is 3. The Labute approximate surface area is 139 Å². The monoisotopic (exact) mass is 372 g/mol. The molecule has 1 saturated heterocycles. The predicted octanol–water partition coefficient (Wildman–Crippen LogP) is 3.53. The molecule has 4 atom stereocenters. The molecule has 1 aliphatic carbocycles. The summed E-state index contributed by atoms with van der Waals surface area (Å²) >= 11 is 5.34. The molecule has 1 aromatic rings. The van der Waals surface area contributed by atoms with Crippen molar-refractivity contribution in [3.8, 4) is 0 Å². The number of thiophene rings is 1. The molecule has 5 heteroatoms. The molecule has 1 saturated carbocycles. The van der Waals surface area contributed by atoms with E-state index in [4.69, 9.17) is 5.73 Å². The lowest BCUT2D eigenvalue weighted by molar-refractivity contribution is -0.104. The summed E-state index contributed by atoms with van der Waals surface area (Å²) in [7, 11) is 0. The molecule has 4 unspecified atom stereocenters. The van der Waals surface area contributed by atoms with Gasteiger partial charge in [0.05, 0.1) is 15.4 Å². The van der Waals surface area contributed by atoms with Crippen LogP contribution in [-0.2, 0) is 0 Å². The normalized spacial score (nSPS) is 33.4. The minimum atomic E-state index is -0.410. The van der Waals surface area contributed by atoms with Crippen molar-refractivity contribution in [2.75, 3.05) is 13.1 Å². The molecular weight excluding hydrogens is 348 g/mol. The maximum Gasteiger partial charge on any atom is 0.0702 e. The van der Waals surface area contributed by atoms with Crippen molar-refractivity contribution in [2.45, 2.75) is 56.7 Å². The minimum absolute atomic E-state index is 0.102. The van der Waals surface area contributed by atoms with E-state index in [0.717, 1.165) is 36.1 Å². The molecule has 21 heavy (non-hydrogen) atoms. The van der Waals surface area contributed by atoms with Gasteiger partial charge in [-0.2, -0.15) is 0 Å². The van der Waals surface area contributed by atoms with Gasteiger partial charge in [-0.15, -0.1) is 11.3 Å². The third kappa shape index (κ3) is 3.22. The Kier molecular flexibility index (Phi) is 4.77. The Morgan fingerprint density at radius 3 is 2.90 bits per heavy atom. The number of likely N-dealkylation sites (tertiary alicyclic amines) is 1. The minimum Gasteiger partial charge on any atom is -0.390 e. The highest BCUT2D eigenvalue weighted by atomic mass is 79.9. The van der Waals surface area contributed by atoms with E-state index < -0.39 is 5.60 Å². The fourth-order valence-corrected chi connectivity index (χ4v) is 5.78. The molecule has 0 bridgehead atoms. The molecule has 2 heterocycles. The molecule has 0 amide bonds. The van der Waals surface area contributed by atoms with Crippen LogP contribution in [0, 0.1) is 5.92 Å². The molecule has 118 valence electrons. The van der Waals surface area contributed by atoms with Gasteiger partial charge in [-0.25, -0.2) is 0 Å². The van der Waals surface area contributed by atoms with E-state index in [9.17, 15) is 5.11 Å². The van der Waals surface area contributed by atoms with Crippen LogP contribution in [0.1, 0.15) is 49.9 Å². The second-order valence-electron chi connectivity index (χ2n) is 6.74. The van der Waals surface area contributed by atoms with Gasteiger partial charge < -0.3 is 10.8 Å². The van der Waals surface area contributed by atoms with Crippen LogP contribution in [0.25, 0.3) is 0 Å². The second-order valence-corrected chi connectivity index (χ2v) is 9.23. The lowest BCUT2D eigenvalue weighted by atomic mass is 9.71. The molecule has 2 aliphatic rings. The van der Waals surface area contributed by atoms with Crippen LogP contribution in [0.3, 0.4) is 0 Å². The topological polar surface area (TPSA) is 49.5 Å². The zero-order valence-corrected chi connectivity index (χ0v) is 15.0. The average Bonchev–Trinajstić information content (AvgIpc) is 2.85. The Bertz CT molecular complexity index is 492. The summed E-state index contributed by atoms with van der Waals surface area (Å²) < 4.78 is 1.16. The van der Waals surface area contributed by atoms with Gasteiger partial charge in [-0.3, -0.25) is 4.90 Å². The highest BCUT2D eigenvalue weighted by Gasteiger charge is 2.44. The van der Waals surface area contributed by atoms with E-state index in [0.29, 0.717) is 5.92 Å². The number of nitrogens with zero attached hydrogens (tertiary/aromatic N) is 1. The predicted molar refractivity (Wildman–Crippen MR) is 91.5 cm³/mol. The van der Waals surface area contributed by atoms with E-state index in [1.807, 2.05) is 0 Å². The molecule has 0 spiro atoms. The van der Waals surface area contributed by atoms with Gasteiger partial charge in [0.1, 0.15) is 0 Å². The number of halogens is 1. The Balaban J connectivity index is 1.78. The van der Waals surface area contributed by atoms with Crippen LogP contribution in [0.4, 0.5) is 0 Å². The quantitative estimate of drug-likeness (QED) is 0.852. The SMILES string of the molecule is CC(N)C(c1ccc(Br)s1)N1CCC2(O)CCCCC2C1. The molecular formula is C16H25BrN2OS. The van der Waals surface area contributed by atoms with Crippen molar-refractivity contribution in [1.29, 1.82) is 0 Å². The van der Waals surface area contributed by atoms with Crippen molar-refractivity contribution < 1.29 is 5.11 Å². The lowest BCUT2D eigenvalue weighted by Crippen LogP contribution is -2.55. The zero-order chi connectivity index (χ0) is 15.0. The van der Waals surface area contributed by atoms with Crippen LogP contribution < -0.4 is 5.73 Å². The van der Waals surface area contributed by atoms with Gasteiger partial charge in [0.25, 0.3) is 0 Å². The first kappa shape index (κ1) is 15.9. The van der Waals surface area contributed by atoms with Crippen LogP contribution in [0.15, 0.2) is 15.9 Å². The van der Waals surface area contributed by atoms with E-state index in [1.54, 1.807) is 11.3 Å². The maximum atomic E-state index is 10.8. The summed E-state index contributed by atoms with van der Waals surface area (Å²) in [4.78, 5) is 3.84. The molecule has 0 aromatic carbocycles. The summed E-state index contributed by atoms with van der Waals surface area (Å²) in [6, 6.07) is 4.67. The third-order valence-corrected chi connectivity index (χ3v) is 6.93. The van der Waals surface area contributed by atoms with Crippen LogP contribution in [0.5, 0.6) is 0 Å². The first-order valence-electron chi connectivity index (χ1n) is 7.97. The first-order chi connectivity index (χ1) is 9.99. The van der Waals surface area contributed by atoms with Crippen molar-refractivity contribution in [3.05, 3.63) is 20.8 Å². The molecule has 3 N–H and O–H groups in total. The summed E-state index contributed by atoms with van der Waals surface area (Å²) in [6.45, 7) is 4.03. The summed E-state index contributed by atoms with van der Waals surface area (Å²) in [5, 5.41) is 10.8. The van der Waals surface area contributed by atoms with Crippen LogP contribution in [-0.4, -0.2) is 34.7 Å². The van der Waals surface area contributed by atoms with E-state index in [-0.39, 0.29) is 12.1 Å². The van der Waals surface area contributed by atoms with Gasteiger partial charge in [-0.1, -0.05) is 12.8 Å². The molecule has 1 aromatic heterocycles. The number of fused-ring (bicyclic) bond motifs is 1. The summed E-state index contributed by atoms with van der Waals surface area (Å²) in [5.41, 5.74) is 5.89. The van der Waals surface area contributed by atoms with Crippen molar-refractivity contribution >= 4 is 27.3 Å². The number of hydrogen-bond donors (Lipinski definition) is 2. The molecule has 3 nitrogen and oxygen atoms in total. The van der Waals surface area contributed by atoms with Gasteiger partial charge in [0, 0.05) is 29.9 Å². The smallest absolute Gasteiger partial charge is 0.0702 e. The van der Waals surface area contributed by atoms with E-state index >= 15 is 0 Å². The molecule has 3 rings (SSSR count). The summed E-state index contributed by atoms with van der Waals surface area (Å²) in [5.74, 6) is 0.421. The second kappa shape index (κ2) is 6.28. The largest absolute Gasteiger partial charge is 0.390 e. The first-order valence-corrected chi connectivity index (χ1v) is 9.58. The fourth-order valence-electron chi connectivity index (χ4n) is 4.11. The Morgan fingerprint density at radius 2 is 2.24 bits per heavy atom. The standard InChI is InChI=1S/C16H25BrN2OS/c1-11(18)15(13-5-6-14(17)21-13)19-9-8-16(20)7-3-2-4-12(16)10-19/h5-6,11-12,15,20H,2-4,7-10,18H2,1H3. The van der Waals surface area contributed by atoms with E-state index in [1.165, 1.54) is 17.7 Å². The highest BCUT2D eigenvalue weighted by Crippen LogP contribution is 2.43. The third-order valence-electron chi connectivity index (χ3n) is 5.24. The van der Waals surface area contributed by atoms with Gasteiger partial charge in [0.2, 0.25) is 0 Å². The lowest BCUT2D eigenvalue weighted by Gasteiger charge is -2.49.